The average molecular weight is 172 g/mol. The Morgan fingerprint density at radius 2 is 2.55 bits per heavy atom. The number of carboxylic acid groups (broad SMARTS) is 1. The van der Waals surface area contributed by atoms with Crippen LogP contribution in [0.3, 0.4) is 0 Å². The van der Waals surface area contributed by atoms with Gasteiger partial charge in [-0.2, -0.15) is 0 Å². The Bertz CT molecular complexity index is 269. The van der Waals surface area contributed by atoms with Gasteiger partial charge in [-0.3, -0.25) is 0 Å². The molecule has 0 spiro atoms. The van der Waals surface area contributed by atoms with Crippen molar-refractivity contribution in [3.8, 4) is 0 Å². The first-order valence-corrected chi connectivity index (χ1v) is 3.99. The zero-order chi connectivity index (χ0) is 8.43. The van der Waals surface area contributed by atoms with Gasteiger partial charge in [0.2, 0.25) is 0 Å². The molecule has 0 fully saturated rings. The highest BCUT2D eigenvalue weighted by atomic mass is 32.1. The Morgan fingerprint density at radius 1 is 1.91 bits per heavy atom. The van der Waals surface area contributed by atoms with Crippen molar-refractivity contribution in [1.29, 1.82) is 0 Å². The largest absolute Gasteiger partial charge is 0.543 e. The number of quaternary nitrogens is 1. The molecular formula is C6H8N2O2S. The summed E-state index contributed by atoms with van der Waals surface area (Å²) in [4.78, 5) is 14.1. The lowest BCUT2D eigenvalue weighted by atomic mass is 10.4. The number of carboxylic acids is 1. The summed E-state index contributed by atoms with van der Waals surface area (Å²) in [5, 5.41) is 12.4. The molecule has 11 heavy (non-hydrogen) atoms. The van der Waals surface area contributed by atoms with Crippen molar-refractivity contribution in [3.05, 3.63) is 16.1 Å². The summed E-state index contributed by atoms with van der Waals surface area (Å²) in [7, 11) is 0. The van der Waals surface area contributed by atoms with Crippen molar-refractivity contribution in [2.24, 2.45) is 0 Å². The summed E-state index contributed by atoms with van der Waals surface area (Å²) in [6.07, 6.45) is 0. The van der Waals surface area contributed by atoms with Crippen LogP contribution in [0.5, 0.6) is 0 Å². The van der Waals surface area contributed by atoms with E-state index in [0.29, 0.717) is 0 Å². The molecule has 1 heterocycles. The Labute approximate surface area is 67.7 Å². The third-order valence-corrected chi connectivity index (χ3v) is 2.23. The predicted octanol–water partition coefficient (Wildman–Crippen LogP) is -1.19. The van der Waals surface area contributed by atoms with Gasteiger partial charge in [-0.05, 0) is 6.92 Å². The SMILES string of the molecule is C[C@@H]([NH3+])c1nc(C(=O)[O-])cs1. The van der Waals surface area contributed by atoms with Gasteiger partial charge in [0.1, 0.15) is 6.04 Å². The Morgan fingerprint density at radius 3 is 2.82 bits per heavy atom. The number of aromatic carboxylic acids is 1. The summed E-state index contributed by atoms with van der Waals surface area (Å²) < 4.78 is 0. The number of nitrogens with zero attached hydrogens (tertiary/aromatic N) is 1. The number of hydrogen-bond donors (Lipinski definition) is 1. The van der Waals surface area contributed by atoms with Crippen LogP contribution in [0.2, 0.25) is 0 Å². The molecule has 0 bridgehead atoms. The lowest BCUT2D eigenvalue weighted by Gasteiger charge is -1.95. The van der Waals surface area contributed by atoms with Crippen LogP contribution in [-0.4, -0.2) is 11.0 Å². The highest BCUT2D eigenvalue weighted by Crippen LogP contribution is 2.13. The second-order valence-electron chi connectivity index (χ2n) is 2.26. The van der Waals surface area contributed by atoms with Gasteiger partial charge in [-0.1, -0.05) is 0 Å². The minimum atomic E-state index is -1.23. The second kappa shape index (κ2) is 2.98. The molecule has 4 nitrogen and oxygen atoms in total. The van der Waals surface area contributed by atoms with Crippen LogP contribution in [-0.2, 0) is 0 Å². The smallest absolute Gasteiger partial charge is 0.151 e. The highest BCUT2D eigenvalue weighted by molar-refractivity contribution is 7.09. The average Bonchev–Trinajstić information content (AvgIpc) is 2.33. The van der Waals surface area contributed by atoms with E-state index in [-0.39, 0.29) is 11.7 Å². The van der Waals surface area contributed by atoms with E-state index in [0.717, 1.165) is 5.01 Å². The Kier molecular flexibility index (Phi) is 2.21. The lowest BCUT2D eigenvalue weighted by molar-refractivity contribution is -0.420. The highest BCUT2D eigenvalue weighted by Gasteiger charge is 2.08. The minimum Gasteiger partial charge on any atom is -0.543 e. The molecule has 3 N–H and O–H groups in total. The van der Waals surface area contributed by atoms with Crippen molar-refractivity contribution in [2.75, 3.05) is 0 Å². The first kappa shape index (κ1) is 8.16. The maximum absolute atomic E-state index is 10.2. The first-order valence-electron chi connectivity index (χ1n) is 3.11. The van der Waals surface area contributed by atoms with Crippen molar-refractivity contribution in [3.63, 3.8) is 0 Å². The van der Waals surface area contributed by atoms with Gasteiger partial charge >= 0.3 is 0 Å². The van der Waals surface area contributed by atoms with E-state index in [2.05, 4.69) is 10.7 Å². The second-order valence-corrected chi connectivity index (χ2v) is 3.15. The zero-order valence-corrected chi connectivity index (χ0v) is 6.85. The molecular weight excluding hydrogens is 164 g/mol. The maximum atomic E-state index is 10.2. The molecule has 0 saturated carbocycles. The van der Waals surface area contributed by atoms with Crippen LogP contribution in [0.1, 0.15) is 28.5 Å². The van der Waals surface area contributed by atoms with Crippen molar-refractivity contribution in [1.82, 2.24) is 4.98 Å². The Balaban J connectivity index is 2.90. The van der Waals surface area contributed by atoms with Crippen LogP contribution >= 0.6 is 11.3 Å². The van der Waals surface area contributed by atoms with Crippen LogP contribution in [0.4, 0.5) is 0 Å². The molecule has 1 atom stereocenters. The fraction of sp³-hybridized carbons (Fsp3) is 0.333. The van der Waals surface area contributed by atoms with Gasteiger partial charge in [0, 0.05) is 5.38 Å². The van der Waals surface area contributed by atoms with Gasteiger partial charge in [-0.25, -0.2) is 4.98 Å². The third-order valence-electron chi connectivity index (χ3n) is 1.15. The molecule has 0 saturated heterocycles. The number of hydrogen-bond acceptors (Lipinski definition) is 4. The van der Waals surface area contributed by atoms with Crippen LogP contribution < -0.4 is 10.8 Å². The first-order chi connectivity index (χ1) is 5.11. The van der Waals surface area contributed by atoms with E-state index < -0.39 is 5.97 Å². The molecule has 0 radical (unpaired) electrons. The minimum absolute atomic E-state index is 0.000463. The summed E-state index contributed by atoms with van der Waals surface area (Å²) in [5.74, 6) is -1.23. The monoisotopic (exact) mass is 172 g/mol. The van der Waals surface area contributed by atoms with E-state index >= 15 is 0 Å². The van der Waals surface area contributed by atoms with E-state index in [4.69, 9.17) is 0 Å². The fourth-order valence-corrected chi connectivity index (χ4v) is 1.37. The molecule has 0 aliphatic rings. The lowest BCUT2D eigenvalue weighted by Crippen LogP contribution is -2.51. The van der Waals surface area contributed by atoms with Gasteiger partial charge in [0.25, 0.3) is 0 Å². The van der Waals surface area contributed by atoms with Gasteiger partial charge in [-0.15, -0.1) is 11.3 Å². The van der Waals surface area contributed by atoms with E-state index in [1.54, 1.807) is 0 Å². The number of aromatic nitrogens is 1. The third kappa shape index (κ3) is 1.75. The summed E-state index contributed by atoms with van der Waals surface area (Å²) in [5.41, 5.74) is 3.72. The van der Waals surface area contributed by atoms with E-state index in [1.807, 2.05) is 6.92 Å². The fourth-order valence-electron chi connectivity index (χ4n) is 0.608. The normalized spacial score (nSPS) is 12.9. The van der Waals surface area contributed by atoms with Crippen LogP contribution in [0.15, 0.2) is 5.38 Å². The van der Waals surface area contributed by atoms with Gasteiger partial charge < -0.3 is 15.6 Å². The number of carbonyl (C=O) groups excluding carboxylic acids is 1. The molecule has 0 unspecified atom stereocenters. The molecule has 1 rings (SSSR count). The molecule has 1 aromatic rings. The topological polar surface area (TPSA) is 80.7 Å². The number of rotatable bonds is 2. The molecule has 0 aliphatic heterocycles. The quantitative estimate of drug-likeness (QED) is 0.609. The summed E-state index contributed by atoms with van der Waals surface area (Å²) in [6.45, 7) is 1.86. The van der Waals surface area contributed by atoms with Crippen LogP contribution in [0.25, 0.3) is 0 Å². The van der Waals surface area contributed by atoms with Crippen molar-refractivity contribution < 1.29 is 15.6 Å². The van der Waals surface area contributed by atoms with Gasteiger partial charge in [0.05, 0.1) is 11.7 Å². The van der Waals surface area contributed by atoms with E-state index in [1.165, 1.54) is 16.7 Å². The molecule has 60 valence electrons. The molecule has 1 aromatic heterocycles. The van der Waals surface area contributed by atoms with E-state index in [9.17, 15) is 9.90 Å². The van der Waals surface area contributed by atoms with Gasteiger partial charge in [0.15, 0.2) is 5.01 Å². The molecule has 0 aromatic carbocycles. The zero-order valence-electron chi connectivity index (χ0n) is 6.03. The number of thiazole rings is 1. The molecule has 0 aliphatic carbocycles. The number of carbonyl (C=O) groups is 1. The standard InChI is InChI=1S/C6H8N2O2S/c1-3(7)5-8-4(2-11-5)6(9)10/h2-3H,7H2,1H3,(H,9,10)/t3-/m1/s1. The maximum Gasteiger partial charge on any atom is 0.151 e. The van der Waals surface area contributed by atoms with Crippen LogP contribution in [0, 0.1) is 0 Å². The Hall–Kier alpha value is -0.940. The van der Waals surface area contributed by atoms with Crippen molar-refractivity contribution >= 4 is 17.3 Å². The molecule has 5 heteroatoms. The summed E-state index contributed by atoms with van der Waals surface area (Å²) >= 11 is 1.29. The molecule has 0 amide bonds. The summed E-state index contributed by atoms with van der Waals surface area (Å²) in [6, 6.07) is 0.0353. The predicted molar refractivity (Wildman–Crippen MR) is 37.7 cm³/mol. The van der Waals surface area contributed by atoms with Crippen molar-refractivity contribution in [2.45, 2.75) is 13.0 Å².